The van der Waals surface area contributed by atoms with Crippen LogP contribution in [0.25, 0.3) is 0 Å². The average molecular weight is 287 g/mol. The Bertz CT molecular complexity index is 267. The third-order valence-corrected chi connectivity index (χ3v) is 4.53. The van der Waals surface area contributed by atoms with Gasteiger partial charge in [0.05, 0.1) is 6.10 Å². The van der Waals surface area contributed by atoms with Crippen molar-refractivity contribution in [3.8, 4) is 0 Å². The summed E-state index contributed by atoms with van der Waals surface area (Å²) >= 11 is 2.01. The lowest BCUT2D eigenvalue weighted by atomic mass is 10.1. The molecule has 0 aromatic rings. The smallest absolute Gasteiger partial charge is 0.246 e. The molecule has 0 aromatic heterocycles. The first kappa shape index (κ1) is 15.1. The minimum absolute atomic E-state index is 0.0184. The first-order valence-corrected chi connectivity index (χ1v) is 8.39. The van der Waals surface area contributed by atoms with Gasteiger partial charge in [0.15, 0.2) is 0 Å². The van der Waals surface area contributed by atoms with E-state index in [1.807, 2.05) is 11.8 Å². The molecule has 2 heterocycles. The summed E-state index contributed by atoms with van der Waals surface area (Å²) in [4.78, 5) is 14.1. The van der Waals surface area contributed by atoms with Crippen LogP contribution in [0.2, 0.25) is 0 Å². The van der Waals surface area contributed by atoms with Crippen molar-refractivity contribution in [2.45, 2.75) is 18.9 Å². The maximum Gasteiger partial charge on any atom is 0.246 e. The number of hydrogen-bond acceptors (Lipinski definition) is 5. The SMILES string of the molecule is O=C(COC1CCNCC1)NCCN1CCSCC1. The van der Waals surface area contributed by atoms with E-state index in [1.165, 1.54) is 11.5 Å². The fourth-order valence-electron chi connectivity index (χ4n) is 2.38. The third kappa shape index (κ3) is 6.12. The van der Waals surface area contributed by atoms with Crippen LogP contribution >= 0.6 is 11.8 Å². The van der Waals surface area contributed by atoms with Crippen molar-refractivity contribution in [1.29, 1.82) is 0 Å². The van der Waals surface area contributed by atoms with E-state index in [1.54, 1.807) is 0 Å². The number of piperidine rings is 1. The predicted octanol–water partition coefficient (Wildman–Crippen LogP) is -0.0800. The van der Waals surface area contributed by atoms with Gasteiger partial charge in [-0.1, -0.05) is 0 Å². The van der Waals surface area contributed by atoms with Gasteiger partial charge in [0.1, 0.15) is 6.61 Å². The highest BCUT2D eigenvalue weighted by Gasteiger charge is 2.15. The van der Waals surface area contributed by atoms with Crippen molar-refractivity contribution in [1.82, 2.24) is 15.5 Å². The molecule has 0 unspecified atom stereocenters. The summed E-state index contributed by atoms with van der Waals surface area (Å²) in [5.74, 6) is 2.45. The lowest BCUT2D eigenvalue weighted by Crippen LogP contribution is -2.41. The van der Waals surface area contributed by atoms with Crippen molar-refractivity contribution in [2.75, 3.05) is 57.4 Å². The van der Waals surface area contributed by atoms with Gasteiger partial charge in [-0.05, 0) is 25.9 Å². The average Bonchev–Trinajstić information content (AvgIpc) is 2.47. The van der Waals surface area contributed by atoms with E-state index in [2.05, 4.69) is 15.5 Å². The molecule has 0 bridgehead atoms. The molecule has 2 fully saturated rings. The Hall–Kier alpha value is -0.300. The van der Waals surface area contributed by atoms with Gasteiger partial charge in [-0.3, -0.25) is 9.69 Å². The molecule has 0 atom stereocenters. The summed E-state index contributed by atoms with van der Waals surface area (Å²) in [6, 6.07) is 0. The van der Waals surface area contributed by atoms with Gasteiger partial charge < -0.3 is 15.4 Å². The molecule has 2 aliphatic heterocycles. The predicted molar refractivity (Wildman–Crippen MR) is 78.6 cm³/mol. The van der Waals surface area contributed by atoms with Crippen LogP contribution in [0.15, 0.2) is 0 Å². The maximum atomic E-state index is 11.7. The number of hydrogen-bond donors (Lipinski definition) is 2. The number of nitrogens with one attached hydrogen (secondary N) is 2. The Morgan fingerprint density at radius 1 is 1.32 bits per heavy atom. The molecule has 0 radical (unpaired) electrons. The van der Waals surface area contributed by atoms with Crippen LogP contribution in [-0.2, 0) is 9.53 Å². The largest absolute Gasteiger partial charge is 0.368 e. The van der Waals surface area contributed by atoms with Gasteiger partial charge in [-0.2, -0.15) is 11.8 Å². The molecule has 0 spiro atoms. The zero-order chi connectivity index (χ0) is 13.3. The number of rotatable bonds is 6. The van der Waals surface area contributed by atoms with Crippen molar-refractivity contribution in [2.24, 2.45) is 0 Å². The summed E-state index contributed by atoms with van der Waals surface area (Å²) < 4.78 is 5.62. The zero-order valence-corrected chi connectivity index (χ0v) is 12.3. The second kappa shape index (κ2) is 8.79. The normalized spacial score (nSPS) is 22.3. The van der Waals surface area contributed by atoms with E-state index in [0.717, 1.165) is 52.1 Å². The van der Waals surface area contributed by atoms with Gasteiger partial charge in [0.25, 0.3) is 0 Å². The van der Waals surface area contributed by atoms with Crippen molar-refractivity contribution < 1.29 is 9.53 Å². The van der Waals surface area contributed by atoms with Crippen LogP contribution in [-0.4, -0.2) is 74.3 Å². The minimum Gasteiger partial charge on any atom is -0.368 e. The standard InChI is InChI=1S/C13H25N3O2S/c17-13(11-18-12-1-3-14-4-2-12)15-5-6-16-7-9-19-10-8-16/h12,14H,1-11H2,(H,15,17). The van der Waals surface area contributed by atoms with E-state index in [9.17, 15) is 4.79 Å². The highest BCUT2D eigenvalue weighted by Crippen LogP contribution is 2.08. The number of carbonyl (C=O) groups is 1. The molecule has 2 aliphatic rings. The molecule has 0 saturated carbocycles. The van der Waals surface area contributed by atoms with E-state index < -0.39 is 0 Å². The number of nitrogens with zero attached hydrogens (tertiary/aromatic N) is 1. The third-order valence-electron chi connectivity index (χ3n) is 3.59. The van der Waals surface area contributed by atoms with Gasteiger partial charge in [-0.15, -0.1) is 0 Å². The number of thioether (sulfide) groups is 1. The Morgan fingerprint density at radius 3 is 2.79 bits per heavy atom. The summed E-state index contributed by atoms with van der Waals surface area (Å²) in [5.41, 5.74) is 0. The fraction of sp³-hybridized carbons (Fsp3) is 0.923. The first-order valence-electron chi connectivity index (χ1n) is 7.24. The molecule has 2 saturated heterocycles. The highest BCUT2D eigenvalue weighted by atomic mass is 32.2. The number of ether oxygens (including phenoxy) is 1. The Balaban J connectivity index is 1.49. The van der Waals surface area contributed by atoms with Gasteiger partial charge in [0, 0.05) is 37.7 Å². The molecule has 110 valence electrons. The second-order valence-electron chi connectivity index (χ2n) is 5.06. The molecular formula is C13H25N3O2S. The van der Waals surface area contributed by atoms with Crippen molar-refractivity contribution in [3.63, 3.8) is 0 Å². The molecule has 2 N–H and O–H groups in total. The first-order chi connectivity index (χ1) is 9.34. The van der Waals surface area contributed by atoms with Crippen LogP contribution in [0.1, 0.15) is 12.8 Å². The van der Waals surface area contributed by atoms with Crippen LogP contribution < -0.4 is 10.6 Å². The monoisotopic (exact) mass is 287 g/mol. The second-order valence-corrected chi connectivity index (χ2v) is 6.29. The molecule has 0 aromatic carbocycles. The zero-order valence-electron chi connectivity index (χ0n) is 11.5. The van der Waals surface area contributed by atoms with E-state index in [-0.39, 0.29) is 18.6 Å². The molecule has 1 amide bonds. The maximum absolute atomic E-state index is 11.7. The molecule has 5 nitrogen and oxygen atoms in total. The lowest BCUT2D eigenvalue weighted by Gasteiger charge is -2.26. The summed E-state index contributed by atoms with van der Waals surface area (Å²) in [6.07, 6.45) is 2.28. The molecule has 19 heavy (non-hydrogen) atoms. The van der Waals surface area contributed by atoms with E-state index >= 15 is 0 Å². The molecule has 2 rings (SSSR count). The number of carbonyl (C=O) groups excluding carboxylic acids is 1. The van der Waals surface area contributed by atoms with Crippen LogP contribution in [0.5, 0.6) is 0 Å². The minimum atomic E-state index is 0.0184. The summed E-state index contributed by atoms with van der Waals surface area (Å²) in [5, 5.41) is 6.23. The Labute approximate surface area is 119 Å². The Kier molecular flexibility index (Phi) is 6.98. The van der Waals surface area contributed by atoms with Crippen LogP contribution in [0.4, 0.5) is 0 Å². The van der Waals surface area contributed by atoms with Crippen molar-refractivity contribution in [3.05, 3.63) is 0 Å². The van der Waals surface area contributed by atoms with E-state index in [4.69, 9.17) is 4.74 Å². The topological polar surface area (TPSA) is 53.6 Å². The molecular weight excluding hydrogens is 262 g/mol. The van der Waals surface area contributed by atoms with Gasteiger partial charge in [-0.25, -0.2) is 0 Å². The van der Waals surface area contributed by atoms with Gasteiger partial charge in [0.2, 0.25) is 5.91 Å². The van der Waals surface area contributed by atoms with Crippen LogP contribution in [0, 0.1) is 0 Å². The fourth-order valence-corrected chi connectivity index (χ4v) is 3.36. The highest BCUT2D eigenvalue weighted by molar-refractivity contribution is 7.99. The molecule has 0 aliphatic carbocycles. The Morgan fingerprint density at radius 2 is 2.05 bits per heavy atom. The van der Waals surface area contributed by atoms with Crippen LogP contribution in [0.3, 0.4) is 0 Å². The van der Waals surface area contributed by atoms with Gasteiger partial charge >= 0.3 is 0 Å². The number of amides is 1. The van der Waals surface area contributed by atoms with E-state index in [0.29, 0.717) is 0 Å². The summed E-state index contributed by atoms with van der Waals surface area (Å²) in [7, 11) is 0. The lowest BCUT2D eigenvalue weighted by molar-refractivity contribution is -0.128. The quantitative estimate of drug-likeness (QED) is 0.716. The molecule has 6 heteroatoms. The summed E-state index contributed by atoms with van der Waals surface area (Å²) in [6.45, 7) is 6.19. The van der Waals surface area contributed by atoms with Crippen molar-refractivity contribution >= 4 is 17.7 Å².